The van der Waals surface area contributed by atoms with Gasteiger partial charge in [0.25, 0.3) is 0 Å². The first kappa shape index (κ1) is 15.1. The highest BCUT2D eigenvalue weighted by Gasteiger charge is 2.24. The summed E-state index contributed by atoms with van der Waals surface area (Å²) in [6.45, 7) is 3.37. The highest BCUT2D eigenvalue weighted by Crippen LogP contribution is 2.29. The van der Waals surface area contributed by atoms with Gasteiger partial charge in [0, 0.05) is 5.56 Å². The second-order valence-corrected chi connectivity index (χ2v) is 5.51. The zero-order chi connectivity index (χ0) is 14.2. The topological polar surface area (TPSA) is 35.2 Å². The number of ether oxygens (including phenoxy) is 1. The first-order chi connectivity index (χ1) is 9.83. The smallest absolute Gasteiger partial charge is 0.0721 e. The molecule has 0 radical (unpaired) electrons. The van der Waals surface area contributed by atoms with Gasteiger partial charge in [-0.25, -0.2) is 0 Å². The minimum atomic E-state index is 0.404. The van der Waals surface area contributed by atoms with Crippen LogP contribution < -0.4 is 5.73 Å². The molecule has 108 valence electrons. The molecular weight excluding hydrogens is 246 g/mol. The molecule has 1 aliphatic rings. The van der Waals surface area contributed by atoms with Crippen molar-refractivity contribution in [3.63, 3.8) is 0 Å². The van der Waals surface area contributed by atoms with E-state index < -0.39 is 0 Å². The van der Waals surface area contributed by atoms with Crippen molar-refractivity contribution in [1.29, 1.82) is 0 Å². The summed E-state index contributed by atoms with van der Waals surface area (Å²) in [5, 5.41) is 0. The summed E-state index contributed by atoms with van der Waals surface area (Å²) in [7, 11) is 0. The van der Waals surface area contributed by atoms with E-state index in [9.17, 15) is 0 Å². The van der Waals surface area contributed by atoms with Crippen LogP contribution in [0.2, 0.25) is 0 Å². The van der Waals surface area contributed by atoms with E-state index >= 15 is 0 Å². The minimum Gasteiger partial charge on any atom is -0.373 e. The molecule has 0 aromatic heterocycles. The highest BCUT2D eigenvalue weighted by molar-refractivity contribution is 5.37. The third-order valence-electron chi connectivity index (χ3n) is 4.09. The van der Waals surface area contributed by atoms with E-state index in [-0.39, 0.29) is 0 Å². The second-order valence-electron chi connectivity index (χ2n) is 5.51. The Morgan fingerprint density at radius 1 is 1.30 bits per heavy atom. The second kappa shape index (κ2) is 8.09. The van der Waals surface area contributed by atoms with E-state index in [2.05, 4.69) is 30.9 Å². The van der Waals surface area contributed by atoms with E-state index in [1.54, 1.807) is 0 Å². The Labute approximate surface area is 122 Å². The largest absolute Gasteiger partial charge is 0.373 e. The summed E-state index contributed by atoms with van der Waals surface area (Å²) in [6, 6.07) is 8.27. The number of hydrogen-bond donors (Lipinski definition) is 1. The molecule has 0 heterocycles. The van der Waals surface area contributed by atoms with Crippen molar-refractivity contribution < 1.29 is 4.74 Å². The van der Waals surface area contributed by atoms with Crippen LogP contribution in [0.5, 0.6) is 0 Å². The van der Waals surface area contributed by atoms with Gasteiger partial charge in [-0.15, -0.1) is 0 Å². The molecule has 0 amide bonds. The van der Waals surface area contributed by atoms with Crippen LogP contribution in [0, 0.1) is 17.8 Å². The Morgan fingerprint density at radius 3 is 2.95 bits per heavy atom. The lowest BCUT2D eigenvalue weighted by atomic mass is 9.85. The number of benzene rings is 1. The molecule has 2 unspecified atom stereocenters. The lowest BCUT2D eigenvalue weighted by Crippen LogP contribution is -2.27. The molecule has 2 N–H and O–H groups in total. The lowest BCUT2D eigenvalue weighted by molar-refractivity contribution is -0.0221. The molecular formula is C18H25NO. The first-order valence-corrected chi connectivity index (χ1v) is 7.73. The maximum absolute atomic E-state index is 6.16. The number of nitrogens with two attached hydrogens (primary N) is 1. The van der Waals surface area contributed by atoms with Crippen molar-refractivity contribution >= 4 is 0 Å². The van der Waals surface area contributed by atoms with Crippen molar-refractivity contribution in [1.82, 2.24) is 0 Å². The molecule has 2 nitrogen and oxygen atoms in total. The Hall–Kier alpha value is -1.30. The van der Waals surface area contributed by atoms with Crippen LogP contribution in [-0.2, 0) is 11.3 Å². The van der Waals surface area contributed by atoms with E-state index in [4.69, 9.17) is 10.5 Å². The standard InChI is InChI=1S/C18H25NO/c1-2-17-10-3-4-11-18(17)20-14-16-8-5-7-15(13-16)9-6-12-19/h5,7-8,13,17-18H,2-4,10-12,14,19H2,1H3. The van der Waals surface area contributed by atoms with Gasteiger partial charge in [-0.1, -0.05) is 50.2 Å². The first-order valence-electron chi connectivity index (χ1n) is 7.73. The fourth-order valence-corrected chi connectivity index (χ4v) is 2.96. The molecule has 2 atom stereocenters. The van der Waals surface area contributed by atoms with Gasteiger partial charge in [0.15, 0.2) is 0 Å². The Morgan fingerprint density at radius 2 is 2.15 bits per heavy atom. The minimum absolute atomic E-state index is 0.404. The Bertz CT molecular complexity index is 472. The summed E-state index contributed by atoms with van der Waals surface area (Å²) in [4.78, 5) is 0. The molecule has 1 aliphatic carbocycles. The van der Waals surface area contributed by atoms with E-state index in [1.165, 1.54) is 37.7 Å². The van der Waals surface area contributed by atoms with Gasteiger partial charge >= 0.3 is 0 Å². The molecule has 0 spiro atoms. The third-order valence-corrected chi connectivity index (χ3v) is 4.09. The van der Waals surface area contributed by atoms with Crippen LogP contribution in [0.25, 0.3) is 0 Å². The van der Waals surface area contributed by atoms with Crippen LogP contribution >= 0.6 is 0 Å². The maximum Gasteiger partial charge on any atom is 0.0721 e. The molecule has 1 saturated carbocycles. The van der Waals surface area contributed by atoms with Gasteiger partial charge in [0.1, 0.15) is 0 Å². The van der Waals surface area contributed by atoms with Crippen LogP contribution in [0.3, 0.4) is 0 Å². The van der Waals surface area contributed by atoms with Gasteiger partial charge in [-0.3, -0.25) is 0 Å². The van der Waals surface area contributed by atoms with Crippen molar-refractivity contribution in [3.8, 4) is 11.8 Å². The van der Waals surface area contributed by atoms with Crippen LogP contribution in [-0.4, -0.2) is 12.6 Å². The zero-order valence-electron chi connectivity index (χ0n) is 12.4. The predicted octanol–water partition coefficient (Wildman–Crippen LogP) is 3.48. The molecule has 2 rings (SSSR count). The highest BCUT2D eigenvalue weighted by atomic mass is 16.5. The summed E-state index contributed by atoms with van der Waals surface area (Å²) >= 11 is 0. The summed E-state index contributed by atoms with van der Waals surface area (Å²) < 4.78 is 6.16. The molecule has 1 aromatic carbocycles. The van der Waals surface area contributed by atoms with Crippen LogP contribution in [0.15, 0.2) is 24.3 Å². The summed E-state index contributed by atoms with van der Waals surface area (Å²) in [6.07, 6.45) is 6.87. The van der Waals surface area contributed by atoms with Crippen molar-refractivity contribution in [2.45, 2.75) is 51.7 Å². The molecule has 1 aromatic rings. The number of hydrogen-bond acceptors (Lipinski definition) is 2. The van der Waals surface area contributed by atoms with Crippen molar-refractivity contribution in [2.75, 3.05) is 6.54 Å². The predicted molar refractivity (Wildman–Crippen MR) is 83.2 cm³/mol. The van der Waals surface area contributed by atoms with Crippen molar-refractivity contribution in [3.05, 3.63) is 35.4 Å². The van der Waals surface area contributed by atoms with Gasteiger partial charge in [-0.05, 0) is 36.5 Å². The summed E-state index contributed by atoms with van der Waals surface area (Å²) in [5.41, 5.74) is 7.63. The van der Waals surface area contributed by atoms with Gasteiger partial charge in [0.2, 0.25) is 0 Å². The normalized spacial score (nSPS) is 22.1. The molecule has 0 saturated heterocycles. The number of rotatable bonds is 4. The molecule has 20 heavy (non-hydrogen) atoms. The van der Waals surface area contributed by atoms with E-state index in [0.29, 0.717) is 19.3 Å². The summed E-state index contributed by atoms with van der Waals surface area (Å²) in [5.74, 6) is 6.70. The van der Waals surface area contributed by atoms with Gasteiger partial charge in [0.05, 0.1) is 19.3 Å². The van der Waals surface area contributed by atoms with Crippen LogP contribution in [0.1, 0.15) is 50.2 Å². The maximum atomic E-state index is 6.16. The fraction of sp³-hybridized carbons (Fsp3) is 0.556. The molecule has 0 bridgehead atoms. The third kappa shape index (κ3) is 4.37. The van der Waals surface area contributed by atoms with Crippen molar-refractivity contribution in [2.24, 2.45) is 11.7 Å². The monoisotopic (exact) mass is 271 g/mol. The Balaban J connectivity index is 1.92. The SMILES string of the molecule is CCC1CCCCC1OCc1cccc(C#CCN)c1. The van der Waals surface area contributed by atoms with Gasteiger partial charge < -0.3 is 10.5 Å². The van der Waals surface area contributed by atoms with E-state index in [0.717, 1.165) is 11.5 Å². The van der Waals surface area contributed by atoms with Gasteiger partial charge in [-0.2, -0.15) is 0 Å². The quantitative estimate of drug-likeness (QED) is 0.851. The van der Waals surface area contributed by atoms with Crippen LogP contribution in [0.4, 0.5) is 0 Å². The average Bonchev–Trinajstić information content (AvgIpc) is 2.51. The lowest BCUT2D eigenvalue weighted by Gasteiger charge is -2.30. The molecule has 0 aliphatic heterocycles. The van der Waals surface area contributed by atoms with E-state index in [1.807, 2.05) is 12.1 Å². The molecule has 2 heteroatoms. The average molecular weight is 271 g/mol. The fourth-order valence-electron chi connectivity index (χ4n) is 2.96. The molecule has 1 fully saturated rings. The zero-order valence-corrected chi connectivity index (χ0v) is 12.4. The Kier molecular flexibility index (Phi) is 6.11.